The van der Waals surface area contributed by atoms with Gasteiger partial charge >= 0.3 is 6.03 Å². The number of aliphatic hydroxyl groups excluding tert-OH is 1. The molecule has 1 aromatic rings. The Morgan fingerprint density at radius 3 is 3.00 bits per heavy atom. The van der Waals surface area contributed by atoms with Gasteiger partial charge in [-0.25, -0.2) is 9.78 Å². The molecule has 0 radical (unpaired) electrons. The summed E-state index contributed by atoms with van der Waals surface area (Å²) in [6.45, 7) is 4.09. The van der Waals surface area contributed by atoms with Crippen molar-refractivity contribution < 1.29 is 19.4 Å². The third-order valence-electron chi connectivity index (χ3n) is 3.72. The molecule has 0 aliphatic carbocycles. The van der Waals surface area contributed by atoms with Gasteiger partial charge < -0.3 is 29.8 Å². The molecule has 0 unspecified atom stereocenters. The van der Waals surface area contributed by atoms with Crippen LogP contribution in [0.3, 0.4) is 0 Å². The lowest BCUT2D eigenvalue weighted by Crippen LogP contribution is -2.60. The second-order valence-electron chi connectivity index (χ2n) is 5.67. The van der Waals surface area contributed by atoms with E-state index in [2.05, 4.69) is 15.6 Å². The zero-order valence-corrected chi connectivity index (χ0v) is 12.0. The van der Waals surface area contributed by atoms with Gasteiger partial charge in [-0.2, -0.15) is 0 Å². The Morgan fingerprint density at radius 1 is 1.52 bits per heavy atom. The predicted octanol–water partition coefficient (Wildman–Crippen LogP) is -0.384. The van der Waals surface area contributed by atoms with Gasteiger partial charge in [-0.15, -0.1) is 0 Å². The minimum Gasteiger partial charge on any atom is -0.388 e. The Bertz CT molecular complexity index is 492. The number of amides is 2. The molecule has 3 rings (SSSR count). The van der Waals surface area contributed by atoms with Crippen LogP contribution in [0.5, 0.6) is 0 Å². The number of imidazole rings is 1. The van der Waals surface area contributed by atoms with Gasteiger partial charge in [0.25, 0.3) is 0 Å². The largest absolute Gasteiger partial charge is 0.388 e. The molecule has 8 nitrogen and oxygen atoms in total. The van der Waals surface area contributed by atoms with Gasteiger partial charge in [0, 0.05) is 18.4 Å². The summed E-state index contributed by atoms with van der Waals surface area (Å²) < 4.78 is 13.1. The van der Waals surface area contributed by atoms with Crippen LogP contribution in [0.1, 0.15) is 19.9 Å². The summed E-state index contributed by atoms with van der Waals surface area (Å²) >= 11 is 0. The van der Waals surface area contributed by atoms with E-state index in [1.807, 2.05) is 13.8 Å². The molecule has 2 bridgehead atoms. The standard InChI is InChI=1S/C13H20N4O4/c1-7(2)15-13(19)16-9-8-5-20-12(21-8)10(11(9)18)17-4-3-14-6-17/h3-4,6-12,18H,5H2,1-2H3,(H2,15,16,19)/t8-,9-,10-,11+,12-/m1/s1. The molecule has 0 saturated carbocycles. The van der Waals surface area contributed by atoms with E-state index >= 15 is 0 Å². The summed E-state index contributed by atoms with van der Waals surface area (Å²) in [5.41, 5.74) is 0. The van der Waals surface area contributed by atoms with Crippen molar-refractivity contribution in [2.24, 2.45) is 0 Å². The van der Waals surface area contributed by atoms with E-state index in [0.29, 0.717) is 6.61 Å². The minimum absolute atomic E-state index is 0.0173. The number of fused-ring (bicyclic) bond motifs is 2. The summed E-state index contributed by atoms with van der Waals surface area (Å²) in [6, 6.07) is -1.28. The zero-order valence-electron chi connectivity index (χ0n) is 12.0. The monoisotopic (exact) mass is 296 g/mol. The molecule has 21 heavy (non-hydrogen) atoms. The van der Waals surface area contributed by atoms with E-state index in [1.165, 1.54) is 0 Å². The van der Waals surface area contributed by atoms with E-state index in [-0.39, 0.29) is 18.2 Å². The lowest BCUT2D eigenvalue weighted by molar-refractivity contribution is -0.163. The molecule has 2 aliphatic rings. The van der Waals surface area contributed by atoms with Crippen LogP contribution in [0.15, 0.2) is 18.7 Å². The van der Waals surface area contributed by atoms with Crippen LogP contribution in [0.25, 0.3) is 0 Å². The maximum Gasteiger partial charge on any atom is 0.315 e. The van der Waals surface area contributed by atoms with E-state index in [1.54, 1.807) is 23.3 Å². The van der Waals surface area contributed by atoms with Gasteiger partial charge in [-0.05, 0) is 13.8 Å². The van der Waals surface area contributed by atoms with Crippen molar-refractivity contribution in [2.45, 2.75) is 50.5 Å². The molecular formula is C13H20N4O4. The fourth-order valence-corrected chi connectivity index (χ4v) is 2.80. The fraction of sp³-hybridized carbons (Fsp3) is 0.692. The summed E-state index contributed by atoms with van der Waals surface area (Å²) in [5.74, 6) is 0. The first-order chi connectivity index (χ1) is 10.1. The second kappa shape index (κ2) is 5.63. The summed E-state index contributed by atoms with van der Waals surface area (Å²) in [6.07, 6.45) is 3.29. The van der Waals surface area contributed by atoms with Crippen molar-refractivity contribution in [3.8, 4) is 0 Å². The Kier molecular flexibility index (Phi) is 3.83. The molecule has 2 saturated heterocycles. The Labute approximate surface area is 122 Å². The van der Waals surface area contributed by atoms with Gasteiger partial charge in [0.1, 0.15) is 18.2 Å². The maximum atomic E-state index is 11.9. The van der Waals surface area contributed by atoms with Gasteiger partial charge in [0.05, 0.1) is 19.0 Å². The predicted molar refractivity (Wildman–Crippen MR) is 72.5 cm³/mol. The second-order valence-corrected chi connectivity index (χ2v) is 5.67. The number of nitrogens with zero attached hydrogens (tertiary/aromatic N) is 2. The maximum absolute atomic E-state index is 11.9. The Balaban J connectivity index is 1.76. The lowest BCUT2D eigenvalue weighted by Gasteiger charge is -2.39. The quantitative estimate of drug-likeness (QED) is 0.706. The molecule has 2 amide bonds. The number of ether oxygens (including phenoxy) is 2. The third-order valence-corrected chi connectivity index (χ3v) is 3.72. The van der Waals surface area contributed by atoms with Crippen LogP contribution in [0.4, 0.5) is 4.79 Å². The highest BCUT2D eigenvalue weighted by molar-refractivity contribution is 5.74. The highest BCUT2D eigenvalue weighted by atomic mass is 16.7. The summed E-state index contributed by atoms with van der Waals surface area (Å²) in [4.78, 5) is 15.9. The fourth-order valence-electron chi connectivity index (χ4n) is 2.80. The summed E-state index contributed by atoms with van der Waals surface area (Å²) in [5, 5.41) is 16.1. The average Bonchev–Trinajstić information content (AvgIpc) is 3.05. The molecule has 0 aromatic carbocycles. The zero-order chi connectivity index (χ0) is 15.0. The molecule has 8 heteroatoms. The topological polar surface area (TPSA) is 97.6 Å². The molecular weight excluding hydrogens is 276 g/mol. The van der Waals surface area contributed by atoms with Crippen molar-refractivity contribution in [1.29, 1.82) is 0 Å². The number of aliphatic hydroxyl groups is 1. The van der Waals surface area contributed by atoms with E-state index in [9.17, 15) is 9.90 Å². The van der Waals surface area contributed by atoms with Crippen molar-refractivity contribution >= 4 is 6.03 Å². The molecule has 2 fully saturated rings. The normalized spacial score (nSPS) is 35.0. The lowest BCUT2D eigenvalue weighted by atomic mass is 9.96. The van der Waals surface area contributed by atoms with Gasteiger partial charge in [0.15, 0.2) is 6.29 Å². The number of urea groups is 1. The Morgan fingerprint density at radius 2 is 2.33 bits per heavy atom. The highest BCUT2D eigenvalue weighted by Gasteiger charge is 2.51. The molecule has 2 aliphatic heterocycles. The van der Waals surface area contributed by atoms with Crippen molar-refractivity contribution in [2.75, 3.05) is 6.61 Å². The van der Waals surface area contributed by atoms with Crippen LogP contribution in [0.2, 0.25) is 0 Å². The van der Waals surface area contributed by atoms with Crippen LogP contribution in [-0.2, 0) is 9.47 Å². The summed E-state index contributed by atoms with van der Waals surface area (Å²) in [7, 11) is 0. The van der Waals surface area contributed by atoms with E-state index < -0.39 is 24.5 Å². The number of carbonyl (C=O) groups is 1. The van der Waals surface area contributed by atoms with Crippen LogP contribution >= 0.6 is 0 Å². The number of carbonyl (C=O) groups excluding carboxylic acids is 1. The van der Waals surface area contributed by atoms with Gasteiger partial charge in [-0.3, -0.25) is 0 Å². The number of hydrogen-bond acceptors (Lipinski definition) is 5. The van der Waals surface area contributed by atoms with E-state index in [4.69, 9.17) is 9.47 Å². The Hall–Kier alpha value is -1.64. The van der Waals surface area contributed by atoms with Gasteiger partial charge in [0.2, 0.25) is 0 Å². The molecule has 1 aromatic heterocycles. The highest BCUT2D eigenvalue weighted by Crippen LogP contribution is 2.35. The van der Waals surface area contributed by atoms with Crippen LogP contribution in [0, 0.1) is 0 Å². The van der Waals surface area contributed by atoms with Gasteiger partial charge in [-0.1, -0.05) is 0 Å². The SMILES string of the molecule is CC(C)NC(=O)N[C@H]1[C@H](O)[C@@H](n2ccnc2)[C@@H]2OC[C@H]1O2. The van der Waals surface area contributed by atoms with Crippen molar-refractivity contribution in [3.63, 3.8) is 0 Å². The number of hydrogen-bond donors (Lipinski definition) is 3. The molecule has 0 spiro atoms. The number of rotatable bonds is 3. The van der Waals surface area contributed by atoms with Crippen LogP contribution in [-0.4, -0.2) is 57.9 Å². The average molecular weight is 296 g/mol. The smallest absolute Gasteiger partial charge is 0.315 e. The minimum atomic E-state index is -0.816. The van der Waals surface area contributed by atoms with Crippen molar-refractivity contribution in [3.05, 3.63) is 18.7 Å². The van der Waals surface area contributed by atoms with Crippen LogP contribution < -0.4 is 10.6 Å². The molecule has 5 atom stereocenters. The van der Waals surface area contributed by atoms with Crippen molar-refractivity contribution in [1.82, 2.24) is 20.2 Å². The number of aromatic nitrogens is 2. The first-order valence-electron chi connectivity index (χ1n) is 7.06. The first kappa shape index (κ1) is 14.3. The molecule has 116 valence electrons. The molecule has 3 N–H and O–H groups in total. The third kappa shape index (κ3) is 2.74. The number of nitrogens with one attached hydrogen (secondary N) is 2. The molecule has 3 heterocycles. The van der Waals surface area contributed by atoms with E-state index in [0.717, 1.165) is 0 Å². The first-order valence-corrected chi connectivity index (χ1v) is 7.06.